The van der Waals surface area contributed by atoms with Gasteiger partial charge in [0.05, 0.1) is 5.69 Å². The quantitative estimate of drug-likeness (QED) is 0.158. The molecule has 0 fully saturated rings. The Hall–Kier alpha value is -3.42. The number of urea groups is 1. The van der Waals surface area contributed by atoms with Crippen LogP contribution in [0.25, 0.3) is 10.8 Å². The van der Waals surface area contributed by atoms with E-state index in [4.69, 9.17) is 5.73 Å². The van der Waals surface area contributed by atoms with Crippen molar-refractivity contribution in [1.82, 2.24) is 10.3 Å². The van der Waals surface area contributed by atoms with E-state index >= 15 is 0 Å². The monoisotopic (exact) mass is 584 g/mol. The zero-order valence-electron chi connectivity index (χ0n) is 20.0. The molecule has 0 unspecified atom stereocenters. The van der Waals surface area contributed by atoms with Gasteiger partial charge in [0, 0.05) is 46.0 Å². The number of benzene rings is 3. The van der Waals surface area contributed by atoms with E-state index in [0.29, 0.717) is 17.8 Å². The van der Waals surface area contributed by atoms with Crippen LogP contribution >= 0.6 is 23.5 Å². The van der Waals surface area contributed by atoms with E-state index in [1.807, 2.05) is 18.2 Å². The summed E-state index contributed by atoms with van der Waals surface area (Å²) in [6, 6.07) is 18.8. The van der Waals surface area contributed by atoms with Gasteiger partial charge in [-0.2, -0.15) is 26.3 Å². The largest absolute Gasteiger partial charge is 0.446 e. The molecule has 206 valence electrons. The van der Waals surface area contributed by atoms with Gasteiger partial charge in [-0.25, -0.2) is 4.79 Å². The van der Waals surface area contributed by atoms with Gasteiger partial charge < -0.3 is 16.4 Å². The number of thioether (sulfide) groups is 2. The van der Waals surface area contributed by atoms with Crippen molar-refractivity contribution in [1.29, 1.82) is 0 Å². The highest BCUT2D eigenvalue weighted by atomic mass is 32.2. The Bertz CT molecular complexity index is 1360. The highest BCUT2D eigenvalue weighted by Gasteiger charge is 2.29. The van der Waals surface area contributed by atoms with Crippen molar-refractivity contribution in [2.24, 2.45) is 5.73 Å². The molecule has 0 atom stereocenters. The number of pyridine rings is 1. The molecular weight excluding hydrogens is 562 g/mol. The number of anilines is 1. The number of nitrogens with one attached hydrogen (secondary N) is 2. The number of aromatic nitrogens is 1. The lowest BCUT2D eigenvalue weighted by molar-refractivity contribution is -0.0337. The molecule has 1 heterocycles. The van der Waals surface area contributed by atoms with Gasteiger partial charge in [0.15, 0.2) is 0 Å². The van der Waals surface area contributed by atoms with Gasteiger partial charge in [0.25, 0.3) is 0 Å². The summed E-state index contributed by atoms with van der Waals surface area (Å²) in [6.45, 7) is 0.548. The van der Waals surface area contributed by atoms with Crippen LogP contribution in [0.1, 0.15) is 11.1 Å². The second kappa shape index (κ2) is 13.6. The number of hydrogen-bond acceptors (Lipinski definition) is 5. The number of rotatable bonds is 6. The summed E-state index contributed by atoms with van der Waals surface area (Å²) in [4.78, 5) is 16.4. The number of hydrogen-bond donors (Lipinski definition) is 3. The molecule has 0 aliphatic rings. The average molecular weight is 585 g/mol. The molecule has 5 nitrogen and oxygen atoms in total. The van der Waals surface area contributed by atoms with Crippen LogP contribution in [0.2, 0.25) is 0 Å². The molecule has 4 rings (SSSR count). The summed E-state index contributed by atoms with van der Waals surface area (Å²) < 4.78 is 72.5. The second-order valence-electron chi connectivity index (χ2n) is 7.80. The normalized spacial score (nSPS) is 11.5. The summed E-state index contributed by atoms with van der Waals surface area (Å²) in [5.41, 5.74) is -1.05. The number of carbonyl (C=O) groups excluding carboxylic acids is 1. The first-order valence-corrected chi connectivity index (χ1v) is 12.8. The van der Waals surface area contributed by atoms with Gasteiger partial charge in [0.1, 0.15) is 0 Å². The molecule has 0 spiro atoms. The minimum atomic E-state index is -4.31. The molecular formula is C26H22F6N4OS2. The molecule has 0 aliphatic carbocycles. The summed E-state index contributed by atoms with van der Waals surface area (Å²) in [6.07, 6.45) is 3.35. The van der Waals surface area contributed by atoms with Crippen molar-refractivity contribution < 1.29 is 31.1 Å². The first-order valence-electron chi connectivity index (χ1n) is 11.2. The first kappa shape index (κ1) is 30.1. The van der Waals surface area contributed by atoms with Crippen LogP contribution in [-0.4, -0.2) is 22.0 Å². The van der Waals surface area contributed by atoms with Crippen molar-refractivity contribution in [3.63, 3.8) is 0 Å². The third kappa shape index (κ3) is 10.7. The van der Waals surface area contributed by atoms with Crippen LogP contribution in [0, 0.1) is 0 Å². The first-order chi connectivity index (χ1) is 18.4. The summed E-state index contributed by atoms with van der Waals surface area (Å²) >= 11 is -0.289. The maximum atomic E-state index is 12.3. The summed E-state index contributed by atoms with van der Waals surface area (Å²) in [7, 11) is 0. The predicted octanol–water partition coefficient (Wildman–Crippen LogP) is 7.93. The van der Waals surface area contributed by atoms with E-state index in [1.165, 1.54) is 24.3 Å². The lowest BCUT2D eigenvalue weighted by atomic mass is 10.1. The predicted molar refractivity (Wildman–Crippen MR) is 142 cm³/mol. The van der Waals surface area contributed by atoms with Crippen molar-refractivity contribution in [2.45, 2.75) is 33.9 Å². The Labute approximate surface area is 228 Å². The molecule has 13 heteroatoms. The minimum absolute atomic E-state index is 0.107. The van der Waals surface area contributed by atoms with Gasteiger partial charge in [-0.1, -0.05) is 36.4 Å². The summed E-state index contributed by atoms with van der Waals surface area (Å²) in [5, 5.41) is 7.22. The van der Waals surface area contributed by atoms with Crippen LogP contribution in [0.5, 0.6) is 0 Å². The molecule has 1 aromatic heterocycles. The van der Waals surface area contributed by atoms with Crippen LogP contribution in [0.3, 0.4) is 0 Å². The van der Waals surface area contributed by atoms with E-state index in [9.17, 15) is 31.1 Å². The third-order valence-corrected chi connectivity index (χ3v) is 6.41. The Morgan fingerprint density at radius 2 is 1.36 bits per heavy atom. The summed E-state index contributed by atoms with van der Waals surface area (Å²) in [5.74, 6) is 0. The molecule has 0 saturated carbocycles. The van der Waals surface area contributed by atoms with Crippen LogP contribution in [0.15, 0.2) is 95.0 Å². The molecule has 0 bridgehead atoms. The van der Waals surface area contributed by atoms with Gasteiger partial charge >= 0.3 is 17.0 Å². The van der Waals surface area contributed by atoms with Gasteiger partial charge in [-0.05, 0) is 71.0 Å². The fraction of sp³-hybridized carbons (Fsp3) is 0.154. The average Bonchev–Trinajstić information content (AvgIpc) is 2.88. The van der Waals surface area contributed by atoms with Crippen LogP contribution in [-0.2, 0) is 13.1 Å². The Balaban J connectivity index is 0.000000272. The molecule has 2 amide bonds. The highest BCUT2D eigenvalue weighted by Crippen LogP contribution is 2.37. The fourth-order valence-corrected chi connectivity index (χ4v) is 4.30. The Morgan fingerprint density at radius 3 is 1.90 bits per heavy atom. The van der Waals surface area contributed by atoms with E-state index in [0.717, 1.165) is 16.3 Å². The maximum Gasteiger partial charge on any atom is 0.446 e. The third-order valence-electron chi connectivity index (χ3n) is 4.93. The number of alkyl halides is 6. The van der Waals surface area contributed by atoms with Crippen molar-refractivity contribution in [3.8, 4) is 0 Å². The second-order valence-corrected chi connectivity index (χ2v) is 10.1. The van der Waals surface area contributed by atoms with Gasteiger partial charge in [-0.3, -0.25) is 4.98 Å². The molecule has 4 N–H and O–H groups in total. The number of amides is 2. The van der Waals surface area contributed by atoms with E-state index < -0.39 is 17.0 Å². The number of carbonyl (C=O) groups is 1. The number of halogens is 6. The van der Waals surface area contributed by atoms with Crippen molar-refractivity contribution in [3.05, 3.63) is 96.3 Å². The van der Waals surface area contributed by atoms with Gasteiger partial charge in [0.2, 0.25) is 0 Å². The maximum absolute atomic E-state index is 12.3. The lowest BCUT2D eigenvalue weighted by Crippen LogP contribution is -2.28. The molecule has 0 aliphatic heterocycles. The van der Waals surface area contributed by atoms with E-state index in [2.05, 4.69) is 15.6 Å². The number of fused-ring (bicyclic) bond motifs is 1. The van der Waals surface area contributed by atoms with E-state index in [1.54, 1.807) is 42.7 Å². The Morgan fingerprint density at radius 1 is 0.795 bits per heavy atom. The van der Waals surface area contributed by atoms with Crippen LogP contribution in [0.4, 0.5) is 36.8 Å². The van der Waals surface area contributed by atoms with Crippen molar-refractivity contribution >= 4 is 46.0 Å². The van der Waals surface area contributed by atoms with Crippen molar-refractivity contribution in [2.75, 3.05) is 5.32 Å². The number of nitrogens with two attached hydrogens (primary N) is 1. The topological polar surface area (TPSA) is 80.0 Å². The van der Waals surface area contributed by atoms with Gasteiger partial charge in [-0.15, -0.1) is 0 Å². The molecule has 3 aromatic carbocycles. The SMILES string of the molecule is NCc1ccc(SC(F)(F)F)cc1.O=C(NCc1ccc(SC(F)(F)F)cc1)Nc1cccc2cnccc12. The molecule has 0 radical (unpaired) electrons. The molecule has 4 aromatic rings. The minimum Gasteiger partial charge on any atom is -0.334 e. The molecule has 0 saturated heterocycles. The van der Waals surface area contributed by atoms with E-state index in [-0.39, 0.29) is 39.9 Å². The number of nitrogens with zero attached hydrogens (tertiary/aromatic N) is 1. The van der Waals surface area contributed by atoms with Crippen LogP contribution < -0.4 is 16.4 Å². The Kier molecular flexibility index (Phi) is 10.5. The zero-order chi connectivity index (χ0) is 28.5. The standard InChI is InChI=1S/C18H14F3N3OS.C8H8F3NS/c19-18(20,21)26-14-6-4-12(5-7-14)10-23-17(25)24-16-3-1-2-13-11-22-9-8-15(13)16;9-8(10,11)13-7-3-1-6(5-12)2-4-7/h1-9,11H,10H2,(H2,23,24,25);1-4H,5,12H2. The lowest BCUT2D eigenvalue weighted by Gasteiger charge is -2.10. The molecule has 39 heavy (non-hydrogen) atoms. The highest BCUT2D eigenvalue weighted by molar-refractivity contribution is 8.00. The fourth-order valence-electron chi connectivity index (χ4n) is 3.22. The zero-order valence-corrected chi connectivity index (χ0v) is 21.6. The smallest absolute Gasteiger partial charge is 0.334 e.